The molecular formula is C24H25N3O5S. The van der Waals surface area contributed by atoms with E-state index in [1.807, 2.05) is 24.3 Å². The van der Waals surface area contributed by atoms with Gasteiger partial charge in [-0.2, -0.15) is 0 Å². The molecule has 3 aliphatic heterocycles. The van der Waals surface area contributed by atoms with Gasteiger partial charge in [-0.15, -0.1) is 11.8 Å². The van der Waals surface area contributed by atoms with Crippen LogP contribution in [0.2, 0.25) is 0 Å². The van der Waals surface area contributed by atoms with Crippen LogP contribution in [0.3, 0.4) is 0 Å². The third-order valence-electron chi connectivity index (χ3n) is 6.23. The Morgan fingerprint density at radius 1 is 1.15 bits per heavy atom. The van der Waals surface area contributed by atoms with Crippen molar-refractivity contribution < 1.29 is 23.9 Å². The minimum Gasteiger partial charge on any atom is -0.486 e. The lowest BCUT2D eigenvalue weighted by Gasteiger charge is -2.26. The summed E-state index contributed by atoms with van der Waals surface area (Å²) in [5, 5.41) is 3.13. The van der Waals surface area contributed by atoms with Gasteiger partial charge >= 0.3 is 6.03 Å². The first kappa shape index (κ1) is 21.6. The number of nitrogens with one attached hydrogen (secondary N) is 1. The van der Waals surface area contributed by atoms with Gasteiger partial charge in [0.25, 0.3) is 5.91 Å². The number of imide groups is 1. The molecule has 0 saturated carbocycles. The van der Waals surface area contributed by atoms with Gasteiger partial charge in [-0.25, -0.2) is 4.79 Å². The zero-order valence-corrected chi connectivity index (χ0v) is 19.3. The molecule has 8 nitrogen and oxygen atoms in total. The highest BCUT2D eigenvalue weighted by Gasteiger charge is 2.50. The number of thioether (sulfide) groups is 1. The maximum Gasteiger partial charge on any atom is 0.325 e. The Kier molecular flexibility index (Phi) is 5.44. The Bertz CT molecular complexity index is 1140. The van der Waals surface area contributed by atoms with Crippen molar-refractivity contribution in [3.63, 3.8) is 0 Å². The van der Waals surface area contributed by atoms with E-state index < -0.39 is 17.5 Å². The number of amides is 4. The molecule has 4 amide bonds. The predicted octanol–water partition coefficient (Wildman–Crippen LogP) is 3.14. The summed E-state index contributed by atoms with van der Waals surface area (Å²) in [6.07, 6.45) is 0.820. The maximum atomic E-state index is 13.4. The van der Waals surface area contributed by atoms with E-state index in [-0.39, 0.29) is 12.5 Å². The number of anilines is 1. The van der Waals surface area contributed by atoms with Crippen molar-refractivity contribution >= 4 is 35.3 Å². The summed E-state index contributed by atoms with van der Waals surface area (Å²) < 4.78 is 11.2. The Labute approximate surface area is 196 Å². The quantitative estimate of drug-likeness (QED) is 0.698. The lowest BCUT2D eigenvalue weighted by molar-refractivity contribution is -0.134. The largest absolute Gasteiger partial charge is 0.486 e. The van der Waals surface area contributed by atoms with Crippen LogP contribution in [0, 0.1) is 0 Å². The van der Waals surface area contributed by atoms with E-state index in [2.05, 4.69) is 12.2 Å². The number of hydrogen-bond acceptors (Lipinski definition) is 6. The highest BCUT2D eigenvalue weighted by atomic mass is 32.2. The van der Waals surface area contributed by atoms with Gasteiger partial charge in [0, 0.05) is 16.7 Å². The van der Waals surface area contributed by atoms with Crippen LogP contribution >= 0.6 is 11.8 Å². The molecule has 2 atom stereocenters. The number of fused-ring (bicyclic) bond motifs is 2. The molecule has 0 spiro atoms. The molecule has 0 aliphatic carbocycles. The molecule has 0 unspecified atom stereocenters. The van der Waals surface area contributed by atoms with Crippen LogP contribution in [-0.4, -0.2) is 54.3 Å². The molecule has 9 heteroatoms. The fourth-order valence-electron chi connectivity index (χ4n) is 4.36. The van der Waals surface area contributed by atoms with Crippen molar-refractivity contribution in [1.29, 1.82) is 0 Å². The maximum absolute atomic E-state index is 13.4. The van der Waals surface area contributed by atoms with Gasteiger partial charge < -0.3 is 19.7 Å². The van der Waals surface area contributed by atoms with Crippen molar-refractivity contribution in [2.45, 2.75) is 36.0 Å². The van der Waals surface area contributed by atoms with E-state index in [9.17, 15) is 14.4 Å². The third-order valence-corrected chi connectivity index (χ3v) is 7.47. The topological polar surface area (TPSA) is 88.2 Å². The second-order valence-electron chi connectivity index (χ2n) is 8.54. The fourth-order valence-corrected chi connectivity index (χ4v) is 5.47. The molecular weight excluding hydrogens is 442 g/mol. The molecule has 1 fully saturated rings. The van der Waals surface area contributed by atoms with Crippen molar-refractivity contribution in [3.05, 3.63) is 48.0 Å². The number of para-hydroxylation sites is 1. The Morgan fingerprint density at radius 2 is 1.91 bits per heavy atom. The SMILES string of the molecule is C[C@@H]1CCN(C(=O)CN2C(=O)N[C@](C)(c3ccc4c(c3)OCCO4)C2=O)c2ccccc2S1. The zero-order valence-electron chi connectivity index (χ0n) is 18.5. The molecule has 0 aromatic heterocycles. The highest BCUT2D eigenvalue weighted by molar-refractivity contribution is 8.00. The second kappa shape index (κ2) is 8.30. The lowest BCUT2D eigenvalue weighted by Crippen LogP contribution is -2.45. The Hall–Kier alpha value is -3.20. The van der Waals surface area contributed by atoms with Crippen LogP contribution in [0.25, 0.3) is 0 Å². The molecule has 3 aliphatic rings. The summed E-state index contributed by atoms with van der Waals surface area (Å²) in [5.74, 6) is 0.379. The molecule has 1 N–H and O–H groups in total. The summed E-state index contributed by atoms with van der Waals surface area (Å²) in [5.41, 5.74) is 0.0951. The molecule has 5 rings (SSSR count). The van der Waals surface area contributed by atoms with Gasteiger partial charge in [0.2, 0.25) is 5.91 Å². The smallest absolute Gasteiger partial charge is 0.325 e. The molecule has 3 heterocycles. The van der Waals surface area contributed by atoms with Gasteiger partial charge in [0.05, 0.1) is 5.69 Å². The molecule has 172 valence electrons. The average Bonchev–Trinajstić information content (AvgIpc) is 2.94. The molecule has 0 bridgehead atoms. The van der Waals surface area contributed by atoms with Gasteiger partial charge in [-0.05, 0) is 43.2 Å². The highest BCUT2D eigenvalue weighted by Crippen LogP contribution is 2.39. The molecule has 33 heavy (non-hydrogen) atoms. The number of hydrogen-bond donors (Lipinski definition) is 1. The van der Waals surface area contributed by atoms with Crippen LogP contribution in [0.4, 0.5) is 10.5 Å². The summed E-state index contributed by atoms with van der Waals surface area (Å²) in [6.45, 7) is 4.87. The van der Waals surface area contributed by atoms with Crippen molar-refractivity contribution in [3.8, 4) is 11.5 Å². The number of urea groups is 1. The molecule has 1 saturated heterocycles. The first-order valence-electron chi connectivity index (χ1n) is 11.0. The standard InChI is InChI=1S/C24H25N3O5S/c1-15-9-10-26(17-5-3-4-6-20(17)33-15)21(28)14-27-22(29)24(2,25-23(27)30)16-7-8-18-19(13-16)32-12-11-31-18/h3-8,13,15H,9-12,14H2,1-2H3,(H,25,30)/t15-,24-/m1/s1. The van der Waals surface area contributed by atoms with Crippen molar-refractivity contribution in [2.75, 3.05) is 31.2 Å². The molecule has 0 radical (unpaired) electrons. The summed E-state index contributed by atoms with van der Waals surface area (Å²) in [6, 6.07) is 12.3. The first-order chi connectivity index (χ1) is 15.9. The number of ether oxygens (including phenoxy) is 2. The number of nitrogens with zero attached hydrogens (tertiary/aromatic N) is 2. The van der Waals surface area contributed by atoms with Crippen molar-refractivity contribution in [1.82, 2.24) is 10.2 Å². The monoisotopic (exact) mass is 467 g/mol. The number of carbonyl (C=O) groups excluding carboxylic acids is 3. The second-order valence-corrected chi connectivity index (χ2v) is 10.0. The van der Waals surface area contributed by atoms with Crippen molar-refractivity contribution in [2.24, 2.45) is 0 Å². The third kappa shape index (κ3) is 3.80. The number of rotatable bonds is 3. The van der Waals surface area contributed by atoms with E-state index in [1.54, 1.807) is 41.8 Å². The van der Waals surface area contributed by atoms with E-state index >= 15 is 0 Å². The Balaban J connectivity index is 1.38. The fraction of sp³-hybridized carbons (Fsp3) is 0.375. The summed E-state index contributed by atoms with van der Waals surface area (Å²) in [7, 11) is 0. The minimum absolute atomic E-state index is 0.285. The van der Waals surface area contributed by atoms with Gasteiger partial charge in [0.1, 0.15) is 25.3 Å². The molecule has 2 aromatic rings. The predicted molar refractivity (Wildman–Crippen MR) is 124 cm³/mol. The summed E-state index contributed by atoms with van der Waals surface area (Å²) >= 11 is 1.73. The molecule has 2 aromatic carbocycles. The van der Waals surface area contributed by atoms with Crippen LogP contribution in [0.15, 0.2) is 47.4 Å². The van der Waals surface area contributed by atoms with E-state index in [0.29, 0.717) is 42.1 Å². The average molecular weight is 468 g/mol. The minimum atomic E-state index is -1.30. The number of carbonyl (C=O) groups is 3. The van der Waals surface area contributed by atoms with Crippen LogP contribution in [0.1, 0.15) is 25.8 Å². The lowest BCUT2D eigenvalue weighted by atomic mass is 9.91. The van der Waals surface area contributed by atoms with Gasteiger partial charge in [0.15, 0.2) is 11.5 Å². The van der Waals surface area contributed by atoms with Gasteiger partial charge in [-0.3, -0.25) is 14.5 Å². The Morgan fingerprint density at radius 3 is 2.73 bits per heavy atom. The summed E-state index contributed by atoms with van der Waals surface area (Å²) in [4.78, 5) is 43.2. The zero-order chi connectivity index (χ0) is 23.2. The van der Waals surface area contributed by atoms with Crippen LogP contribution in [-0.2, 0) is 15.1 Å². The van der Waals surface area contributed by atoms with E-state index in [4.69, 9.17) is 9.47 Å². The van der Waals surface area contributed by atoms with E-state index in [0.717, 1.165) is 21.9 Å². The normalized spacial score (nSPS) is 24.2. The van der Waals surface area contributed by atoms with Crippen LogP contribution in [0.5, 0.6) is 11.5 Å². The van der Waals surface area contributed by atoms with E-state index in [1.165, 1.54) is 0 Å². The number of benzene rings is 2. The van der Waals surface area contributed by atoms with Crippen LogP contribution < -0.4 is 19.7 Å². The van der Waals surface area contributed by atoms with Gasteiger partial charge in [-0.1, -0.05) is 25.1 Å². The first-order valence-corrected chi connectivity index (χ1v) is 11.8.